The van der Waals surface area contributed by atoms with Gasteiger partial charge in [0.1, 0.15) is 18.2 Å². The molecule has 2 aromatic rings. The van der Waals surface area contributed by atoms with Crippen LogP contribution in [0.4, 0.5) is 5.69 Å². The summed E-state index contributed by atoms with van der Waals surface area (Å²) in [6.45, 7) is 6.31. The van der Waals surface area contributed by atoms with Gasteiger partial charge >= 0.3 is 0 Å². The van der Waals surface area contributed by atoms with Crippen molar-refractivity contribution in [3.8, 4) is 29.9 Å². The number of rotatable bonds is 7. The smallest absolute Gasteiger partial charge is 0.266 e. The molecule has 2 rings (SSSR count). The minimum atomic E-state index is -0.488. The number of aryl methyl sites for hydroxylation is 2. The quantitative estimate of drug-likeness (QED) is 0.363. The standard InChI is InChI=1S/C23H21BrN2O3/c1-5-9-29-22-20(24)12-17(13-21(22)28-6-2)11-18(14-25)23(27)26-19-8-7-15(3)16(4)10-19/h1,7-8,10-13H,6,9H2,2-4H3,(H,26,27)/b18-11+. The van der Waals surface area contributed by atoms with Gasteiger partial charge in [0.25, 0.3) is 5.91 Å². The molecule has 1 amide bonds. The normalized spacial score (nSPS) is 10.6. The molecule has 1 N–H and O–H groups in total. The van der Waals surface area contributed by atoms with E-state index in [9.17, 15) is 10.1 Å². The van der Waals surface area contributed by atoms with Crippen molar-refractivity contribution in [2.75, 3.05) is 18.5 Å². The molecule has 0 fully saturated rings. The van der Waals surface area contributed by atoms with Gasteiger partial charge in [0.05, 0.1) is 11.1 Å². The fraction of sp³-hybridized carbons (Fsp3) is 0.217. The number of nitrogens with zero attached hydrogens (tertiary/aromatic N) is 1. The van der Waals surface area contributed by atoms with Crippen molar-refractivity contribution < 1.29 is 14.3 Å². The van der Waals surface area contributed by atoms with Gasteiger partial charge in [-0.3, -0.25) is 4.79 Å². The van der Waals surface area contributed by atoms with Crippen molar-refractivity contribution in [3.05, 3.63) is 57.1 Å². The number of hydrogen-bond donors (Lipinski definition) is 1. The van der Waals surface area contributed by atoms with Gasteiger partial charge < -0.3 is 14.8 Å². The van der Waals surface area contributed by atoms with Gasteiger partial charge in [-0.05, 0) is 83.7 Å². The summed E-state index contributed by atoms with van der Waals surface area (Å²) in [6, 6.07) is 11.0. The Balaban J connectivity index is 2.33. The molecule has 0 aliphatic heterocycles. The summed E-state index contributed by atoms with van der Waals surface area (Å²) >= 11 is 3.43. The molecule has 0 saturated heterocycles. The van der Waals surface area contributed by atoms with E-state index in [4.69, 9.17) is 15.9 Å². The number of carbonyl (C=O) groups excluding carboxylic acids is 1. The maximum atomic E-state index is 12.6. The highest BCUT2D eigenvalue weighted by atomic mass is 79.9. The summed E-state index contributed by atoms with van der Waals surface area (Å²) < 4.78 is 11.8. The van der Waals surface area contributed by atoms with Crippen molar-refractivity contribution in [1.29, 1.82) is 5.26 Å². The predicted octanol–water partition coefficient (Wildman–Crippen LogP) is 5.02. The first-order valence-corrected chi connectivity index (χ1v) is 9.71. The van der Waals surface area contributed by atoms with Crippen LogP contribution in [0.25, 0.3) is 6.08 Å². The number of anilines is 1. The average molecular weight is 453 g/mol. The van der Waals surface area contributed by atoms with Gasteiger partial charge in [0.2, 0.25) is 0 Å². The van der Waals surface area contributed by atoms with E-state index in [1.54, 1.807) is 18.2 Å². The number of nitriles is 1. The minimum Gasteiger partial charge on any atom is -0.490 e. The van der Waals surface area contributed by atoms with E-state index in [-0.39, 0.29) is 12.2 Å². The summed E-state index contributed by atoms with van der Waals surface area (Å²) in [5.74, 6) is 2.86. The largest absolute Gasteiger partial charge is 0.490 e. The van der Waals surface area contributed by atoms with Crippen LogP contribution in [0, 0.1) is 37.5 Å². The molecule has 0 aromatic heterocycles. The number of carbonyl (C=O) groups is 1. The first-order valence-electron chi connectivity index (χ1n) is 8.92. The highest BCUT2D eigenvalue weighted by Crippen LogP contribution is 2.37. The first kappa shape index (κ1) is 22.1. The van der Waals surface area contributed by atoms with Crippen LogP contribution in [0.3, 0.4) is 0 Å². The molecule has 0 bridgehead atoms. The number of ether oxygens (including phenoxy) is 2. The lowest BCUT2D eigenvalue weighted by Crippen LogP contribution is -2.13. The molecule has 5 nitrogen and oxygen atoms in total. The van der Waals surface area contributed by atoms with Crippen LogP contribution >= 0.6 is 15.9 Å². The third kappa shape index (κ3) is 5.88. The Bertz CT molecular complexity index is 1030. The monoisotopic (exact) mass is 452 g/mol. The number of hydrogen-bond acceptors (Lipinski definition) is 4. The lowest BCUT2D eigenvalue weighted by atomic mass is 10.1. The van der Waals surface area contributed by atoms with Crippen LogP contribution in [0.1, 0.15) is 23.6 Å². The SMILES string of the molecule is C#CCOc1c(Br)cc(/C=C(\C#N)C(=O)Nc2ccc(C)c(C)c2)cc1OCC. The lowest BCUT2D eigenvalue weighted by molar-refractivity contribution is -0.112. The second kappa shape index (κ2) is 10.4. The summed E-state index contributed by atoms with van der Waals surface area (Å²) in [5, 5.41) is 12.2. The van der Waals surface area contributed by atoms with E-state index in [0.717, 1.165) is 11.1 Å². The fourth-order valence-corrected chi connectivity index (χ4v) is 3.10. The molecule has 0 aliphatic rings. The van der Waals surface area contributed by atoms with Crippen molar-refractivity contribution in [2.45, 2.75) is 20.8 Å². The topological polar surface area (TPSA) is 71.3 Å². The minimum absolute atomic E-state index is 0.0325. The average Bonchev–Trinajstić information content (AvgIpc) is 2.68. The third-order valence-corrected chi connectivity index (χ3v) is 4.66. The summed E-state index contributed by atoms with van der Waals surface area (Å²) in [5.41, 5.74) is 3.39. The molecule has 0 heterocycles. The molecule has 0 unspecified atom stereocenters. The number of amides is 1. The van der Waals surface area contributed by atoms with Crippen LogP contribution in [0.15, 0.2) is 40.4 Å². The van der Waals surface area contributed by atoms with Gasteiger partial charge in [0, 0.05) is 5.69 Å². The lowest BCUT2D eigenvalue weighted by Gasteiger charge is -2.13. The first-order chi connectivity index (χ1) is 13.9. The molecule has 6 heteroatoms. The second-order valence-corrected chi connectivity index (χ2v) is 7.03. The Morgan fingerprint density at radius 1 is 1.24 bits per heavy atom. The van der Waals surface area contributed by atoms with Crippen LogP contribution in [0.2, 0.25) is 0 Å². The number of halogens is 1. The van der Waals surface area contributed by atoms with Gasteiger partial charge in [-0.15, -0.1) is 6.42 Å². The van der Waals surface area contributed by atoms with E-state index >= 15 is 0 Å². The summed E-state index contributed by atoms with van der Waals surface area (Å²) in [4.78, 5) is 12.6. The molecular weight excluding hydrogens is 432 g/mol. The molecular formula is C23H21BrN2O3. The zero-order valence-corrected chi connectivity index (χ0v) is 18.1. The number of terminal acetylenes is 1. The third-order valence-electron chi connectivity index (χ3n) is 4.07. The van der Waals surface area contributed by atoms with E-state index in [1.165, 1.54) is 6.08 Å². The summed E-state index contributed by atoms with van der Waals surface area (Å²) in [6.07, 6.45) is 6.75. The fourth-order valence-electron chi connectivity index (χ4n) is 2.52. The molecule has 0 radical (unpaired) electrons. The van der Waals surface area contributed by atoms with Crippen LogP contribution in [-0.4, -0.2) is 19.1 Å². The highest BCUT2D eigenvalue weighted by Gasteiger charge is 2.14. The van der Waals surface area contributed by atoms with E-state index < -0.39 is 5.91 Å². The van der Waals surface area contributed by atoms with E-state index in [1.807, 2.05) is 39.0 Å². The molecule has 29 heavy (non-hydrogen) atoms. The van der Waals surface area contributed by atoms with Crippen molar-refractivity contribution in [3.63, 3.8) is 0 Å². The Labute approximate surface area is 179 Å². The maximum absolute atomic E-state index is 12.6. The van der Waals surface area contributed by atoms with Gasteiger partial charge in [-0.1, -0.05) is 12.0 Å². The molecule has 0 aliphatic carbocycles. The zero-order valence-electron chi connectivity index (χ0n) is 16.5. The molecule has 0 atom stereocenters. The molecule has 2 aromatic carbocycles. The second-order valence-electron chi connectivity index (χ2n) is 6.18. The van der Waals surface area contributed by atoms with E-state index in [2.05, 4.69) is 27.2 Å². The molecule has 0 saturated carbocycles. The number of benzene rings is 2. The van der Waals surface area contributed by atoms with Crippen LogP contribution in [-0.2, 0) is 4.79 Å². The van der Waals surface area contributed by atoms with Gasteiger partial charge in [0.15, 0.2) is 11.5 Å². The maximum Gasteiger partial charge on any atom is 0.266 e. The Hall–Kier alpha value is -3.22. The van der Waals surface area contributed by atoms with Crippen molar-refractivity contribution in [1.82, 2.24) is 0 Å². The summed E-state index contributed by atoms with van der Waals surface area (Å²) in [7, 11) is 0. The zero-order chi connectivity index (χ0) is 21.4. The Morgan fingerprint density at radius 3 is 2.62 bits per heavy atom. The van der Waals surface area contributed by atoms with Gasteiger partial charge in [-0.2, -0.15) is 5.26 Å². The van der Waals surface area contributed by atoms with Crippen molar-refractivity contribution in [2.24, 2.45) is 0 Å². The van der Waals surface area contributed by atoms with Crippen molar-refractivity contribution >= 4 is 33.6 Å². The van der Waals surface area contributed by atoms with Crippen LogP contribution < -0.4 is 14.8 Å². The molecule has 148 valence electrons. The van der Waals surface area contributed by atoms with E-state index in [0.29, 0.717) is 33.8 Å². The van der Waals surface area contributed by atoms with Crippen LogP contribution in [0.5, 0.6) is 11.5 Å². The number of nitrogens with one attached hydrogen (secondary N) is 1. The highest BCUT2D eigenvalue weighted by molar-refractivity contribution is 9.10. The molecule has 0 spiro atoms. The predicted molar refractivity (Wildman–Crippen MR) is 118 cm³/mol. The Morgan fingerprint density at radius 2 is 2.00 bits per heavy atom. The Kier molecular flexibility index (Phi) is 7.88. The van der Waals surface area contributed by atoms with Gasteiger partial charge in [-0.25, -0.2) is 0 Å².